The summed E-state index contributed by atoms with van der Waals surface area (Å²) in [6, 6.07) is 15.0. The lowest BCUT2D eigenvalue weighted by atomic mass is 10.1. The molecular weight excluding hydrogens is 428 g/mol. The number of hydrogen-bond acceptors (Lipinski definition) is 7. The monoisotopic (exact) mass is 450 g/mol. The molecule has 2 aromatic carbocycles. The first-order chi connectivity index (χ1) is 15.7. The topological polar surface area (TPSA) is 96.6 Å². The summed E-state index contributed by atoms with van der Waals surface area (Å²) < 4.78 is 17.3. The van der Waals surface area contributed by atoms with Crippen molar-refractivity contribution in [3.8, 4) is 17.2 Å². The quantitative estimate of drug-likeness (QED) is 0.455. The summed E-state index contributed by atoms with van der Waals surface area (Å²) in [6.07, 6.45) is 2.33. The maximum atomic E-state index is 12.4. The van der Waals surface area contributed by atoms with E-state index < -0.39 is 5.91 Å². The Morgan fingerprint density at radius 3 is 2.69 bits per heavy atom. The van der Waals surface area contributed by atoms with Crippen LogP contribution in [0.4, 0.5) is 0 Å². The summed E-state index contributed by atoms with van der Waals surface area (Å²) in [7, 11) is 0. The smallest absolute Gasteiger partial charge is 0.283 e. The van der Waals surface area contributed by atoms with Crippen molar-refractivity contribution in [1.29, 1.82) is 5.41 Å². The van der Waals surface area contributed by atoms with Crippen LogP contribution in [-0.4, -0.2) is 47.3 Å². The normalized spacial score (nSPS) is 16.2. The molecule has 9 heteroatoms. The molecule has 0 aliphatic carbocycles. The van der Waals surface area contributed by atoms with Crippen LogP contribution >= 0.6 is 11.8 Å². The second-order valence-corrected chi connectivity index (χ2v) is 7.57. The zero-order valence-corrected chi connectivity index (χ0v) is 18.3. The molecule has 1 N–H and O–H groups in total. The molecule has 0 atom stereocenters. The summed E-state index contributed by atoms with van der Waals surface area (Å²) in [4.78, 5) is 16.4. The van der Waals surface area contributed by atoms with Crippen molar-refractivity contribution in [2.45, 2.75) is 13.3 Å². The summed E-state index contributed by atoms with van der Waals surface area (Å²) in [5.74, 6) is 1.55. The average molecular weight is 451 g/mol. The van der Waals surface area contributed by atoms with Gasteiger partial charge < -0.3 is 14.2 Å². The zero-order valence-electron chi connectivity index (χ0n) is 17.5. The number of para-hydroxylation sites is 1. The number of nitrogens with zero attached hydrogens (tertiary/aromatic N) is 3. The number of benzene rings is 2. The Hall–Kier alpha value is -3.59. The van der Waals surface area contributed by atoms with Gasteiger partial charge in [-0.2, -0.15) is 15.1 Å². The number of carbonyl (C=O) groups is 1. The number of amides is 1. The minimum absolute atomic E-state index is 0.00190. The van der Waals surface area contributed by atoms with E-state index in [9.17, 15) is 4.79 Å². The zero-order chi connectivity index (χ0) is 22.3. The van der Waals surface area contributed by atoms with E-state index in [1.165, 1.54) is 16.8 Å². The molecule has 0 saturated heterocycles. The van der Waals surface area contributed by atoms with E-state index in [2.05, 4.69) is 10.1 Å². The van der Waals surface area contributed by atoms with Crippen molar-refractivity contribution in [2.75, 3.05) is 19.8 Å². The molecule has 1 amide bonds. The molecule has 4 rings (SSSR count). The number of carbonyl (C=O) groups excluding carboxylic acids is 1. The summed E-state index contributed by atoms with van der Waals surface area (Å²) in [5.41, 5.74) is 2.42. The van der Waals surface area contributed by atoms with Gasteiger partial charge in [0, 0.05) is 6.42 Å². The molecule has 0 unspecified atom stereocenters. The largest absolute Gasteiger partial charge is 0.493 e. The molecule has 164 valence electrons. The van der Waals surface area contributed by atoms with Gasteiger partial charge in [-0.3, -0.25) is 10.2 Å². The number of ether oxygens (including phenoxy) is 3. The summed E-state index contributed by atoms with van der Waals surface area (Å²) in [5, 5.41) is 14.1. The highest BCUT2D eigenvalue weighted by Gasteiger charge is 2.32. The fourth-order valence-corrected chi connectivity index (χ4v) is 3.66. The van der Waals surface area contributed by atoms with Gasteiger partial charge in [-0.15, -0.1) is 0 Å². The van der Waals surface area contributed by atoms with E-state index in [1.807, 2.05) is 43.3 Å². The highest BCUT2D eigenvalue weighted by molar-refractivity contribution is 8.25. The van der Waals surface area contributed by atoms with Crippen LogP contribution in [-0.2, 0) is 4.79 Å². The number of fused-ring (bicyclic) bond motifs is 1. The van der Waals surface area contributed by atoms with E-state index >= 15 is 0 Å². The fourth-order valence-electron chi connectivity index (χ4n) is 3.05. The number of aliphatic imine (C=N–C) groups is 1. The van der Waals surface area contributed by atoms with E-state index in [-0.39, 0.29) is 11.4 Å². The van der Waals surface area contributed by atoms with Crippen LogP contribution in [0, 0.1) is 5.41 Å². The van der Waals surface area contributed by atoms with Crippen molar-refractivity contribution in [3.05, 3.63) is 59.7 Å². The molecule has 2 aliphatic rings. The van der Waals surface area contributed by atoms with Crippen molar-refractivity contribution in [1.82, 2.24) is 5.01 Å². The van der Waals surface area contributed by atoms with Gasteiger partial charge in [0.05, 0.1) is 30.9 Å². The SMILES string of the molecule is CCOc1cc(C=C2C(=N)N3N=CSC3=NC2=O)ccc1OCCCOc1ccccc1. The van der Waals surface area contributed by atoms with Gasteiger partial charge >= 0.3 is 0 Å². The Labute approximate surface area is 190 Å². The maximum Gasteiger partial charge on any atom is 0.283 e. The van der Waals surface area contributed by atoms with Crippen LogP contribution in [0.25, 0.3) is 6.08 Å². The molecule has 0 spiro atoms. The van der Waals surface area contributed by atoms with Crippen molar-refractivity contribution < 1.29 is 19.0 Å². The molecule has 0 saturated carbocycles. The Balaban J connectivity index is 1.41. The lowest BCUT2D eigenvalue weighted by Crippen LogP contribution is -2.35. The average Bonchev–Trinajstić information content (AvgIpc) is 3.27. The van der Waals surface area contributed by atoms with Crippen LogP contribution < -0.4 is 14.2 Å². The van der Waals surface area contributed by atoms with Crippen LogP contribution in [0.5, 0.6) is 17.2 Å². The van der Waals surface area contributed by atoms with Crippen LogP contribution in [0.1, 0.15) is 18.9 Å². The maximum absolute atomic E-state index is 12.4. The first kappa shape index (κ1) is 21.6. The lowest BCUT2D eigenvalue weighted by molar-refractivity contribution is -0.114. The standard InChI is InChI=1S/C23H22N4O4S/c1-2-29-20-14-16(13-18-21(24)27-23(26-22(18)28)32-15-25-27)9-10-19(20)31-12-6-11-30-17-7-4-3-5-8-17/h3-5,7-10,13-15,24H,2,6,11-12H2,1H3. The molecule has 8 nitrogen and oxygen atoms in total. The van der Waals surface area contributed by atoms with Gasteiger partial charge in [0.2, 0.25) is 0 Å². The third-order valence-electron chi connectivity index (χ3n) is 4.53. The van der Waals surface area contributed by atoms with Gasteiger partial charge in [-0.25, -0.2) is 0 Å². The minimum Gasteiger partial charge on any atom is -0.493 e. The Morgan fingerprint density at radius 1 is 1.06 bits per heavy atom. The number of nitrogens with one attached hydrogen (secondary N) is 1. The minimum atomic E-state index is -0.462. The van der Waals surface area contributed by atoms with Crippen LogP contribution in [0.15, 0.2) is 64.2 Å². The van der Waals surface area contributed by atoms with E-state index in [0.717, 1.165) is 5.75 Å². The summed E-state index contributed by atoms with van der Waals surface area (Å²) >= 11 is 1.21. The van der Waals surface area contributed by atoms with Crippen LogP contribution in [0.2, 0.25) is 0 Å². The molecule has 0 aromatic heterocycles. The number of rotatable bonds is 9. The van der Waals surface area contributed by atoms with E-state index in [1.54, 1.807) is 23.8 Å². The highest BCUT2D eigenvalue weighted by Crippen LogP contribution is 2.31. The van der Waals surface area contributed by atoms with E-state index in [0.29, 0.717) is 48.5 Å². The molecule has 0 bridgehead atoms. The Kier molecular flexibility index (Phi) is 6.86. The number of amidine groups is 2. The molecule has 0 fully saturated rings. The fraction of sp³-hybridized carbons (Fsp3) is 0.217. The van der Waals surface area contributed by atoms with Gasteiger partial charge in [0.1, 0.15) is 5.75 Å². The molecule has 32 heavy (non-hydrogen) atoms. The second-order valence-electron chi connectivity index (χ2n) is 6.76. The Morgan fingerprint density at radius 2 is 1.88 bits per heavy atom. The second kappa shape index (κ2) is 10.1. The van der Waals surface area contributed by atoms with Gasteiger partial charge in [-0.05, 0) is 54.6 Å². The third-order valence-corrected chi connectivity index (χ3v) is 5.21. The van der Waals surface area contributed by atoms with Crippen molar-refractivity contribution >= 4 is 40.3 Å². The molecular formula is C23H22N4O4S. The lowest BCUT2D eigenvalue weighted by Gasteiger charge is -2.20. The van der Waals surface area contributed by atoms with Gasteiger partial charge in [-0.1, -0.05) is 24.3 Å². The summed E-state index contributed by atoms with van der Waals surface area (Å²) in [6.45, 7) is 3.37. The first-order valence-corrected chi connectivity index (χ1v) is 11.0. The predicted octanol–water partition coefficient (Wildman–Crippen LogP) is 4.18. The first-order valence-electron chi connectivity index (χ1n) is 10.2. The van der Waals surface area contributed by atoms with Gasteiger partial charge in [0.25, 0.3) is 5.91 Å². The number of hydrazone groups is 1. The number of thioether (sulfide) groups is 1. The molecule has 2 heterocycles. The molecule has 2 aliphatic heterocycles. The number of hydrogen-bond donors (Lipinski definition) is 1. The van der Waals surface area contributed by atoms with E-state index in [4.69, 9.17) is 19.6 Å². The van der Waals surface area contributed by atoms with Crippen molar-refractivity contribution in [2.24, 2.45) is 10.1 Å². The Bertz CT molecular complexity index is 1100. The highest BCUT2D eigenvalue weighted by atomic mass is 32.2. The predicted molar refractivity (Wildman–Crippen MR) is 126 cm³/mol. The third kappa shape index (κ3) is 5.00. The van der Waals surface area contributed by atoms with Crippen LogP contribution in [0.3, 0.4) is 0 Å². The molecule has 0 radical (unpaired) electrons. The van der Waals surface area contributed by atoms with Gasteiger partial charge in [0.15, 0.2) is 22.5 Å². The van der Waals surface area contributed by atoms with Crippen molar-refractivity contribution in [3.63, 3.8) is 0 Å². The molecule has 2 aromatic rings.